The van der Waals surface area contributed by atoms with Crippen molar-refractivity contribution in [3.05, 3.63) is 52.3 Å². The van der Waals surface area contributed by atoms with Gasteiger partial charge >= 0.3 is 11.9 Å². The summed E-state index contributed by atoms with van der Waals surface area (Å²) >= 11 is 0. The van der Waals surface area contributed by atoms with Gasteiger partial charge in [-0.1, -0.05) is 12.1 Å². The molecule has 27 heavy (non-hydrogen) atoms. The molecule has 0 amide bonds. The summed E-state index contributed by atoms with van der Waals surface area (Å²) in [6, 6.07) is 7.05. The lowest BCUT2D eigenvalue weighted by molar-refractivity contribution is -0.145. The van der Waals surface area contributed by atoms with E-state index in [9.17, 15) is 14.4 Å². The van der Waals surface area contributed by atoms with Gasteiger partial charge in [-0.25, -0.2) is 4.79 Å². The average Bonchev–Trinajstić information content (AvgIpc) is 2.94. The molecule has 1 aromatic heterocycles. The van der Waals surface area contributed by atoms with Crippen molar-refractivity contribution < 1.29 is 28.6 Å². The van der Waals surface area contributed by atoms with Gasteiger partial charge in [-0.05, 0) is 44.0 Å². The number of aromatic nitrogens is 1. The molecule has 2 rings (SSSR count). The summed E-state index contributed by atoms with van der Waals surface area (Å²) < 4.78 is 15.1. The number of H-pyrrole nitrogens is 1. The van der Waals surface area contributed by atoms with Gasteiger partial charge in [0.15, 0.2) is 6.10 Å². The van der Waals surface area contributed by atoms with Gasteiger partial charge in [-0.3, -0.25) is 9.59 Å². The second-order valence-corrected chi connectivity index (χ2v) is 6.14. The summed E-state index contributed by atoms with van der Waals surface area (Å²) in [5, 5.41) is 0. The number of hydrogen-bond acceptors (Lipinski definition) is 6. The van der Waals surface area contributed by atoms with Crippen LogP contribution in [0.3, 0.4) is 0 Å². The van der Waals surface area contributed by atoms with Gasteiger partial charge < -0.3 is 19.2 Å². The van der Waals surface area contributed by atoms with Crippen LogP contribution in [0, 0.1) is 13.8 Å². The highest BCUT2D eigenvalue weighted by Crippen LogP contribution is 2.21. The zero-order valence-corrected chi connectivity index (χ0v) is 16.0. The first-order chi connectivity index (χ1) is 12.8. The van der Waals surface area contributed by atoms with Crippen molar-refractivity contribution in [2.45, 2.75) is 33.3 Å². The Morgan fingerprint density at radius 2 is 1.85 bits per heavy atom. The van der Waals surface area contributed by atoms with Crippen molar-refractivity contribution in [1.29, 1.82) is 0 Å². The number of ether oxygens (including phenoxy) is 3. The lowest BCUT2D eigenvalue weighted by Gasteiger charge is -2.12. The molecule has 7 heteroatoms. The molecule has 0 aliphatic heterocycles. The van der Waals surface area contributed by atoms with Crippen molar-refractivity contribution in [3.8, 4) is 5.75 Å². The second kappa shape index (κ2) is 8.53. The third-order valence-electron chi connectivity index (χ3n) is 4.23. The van der Waals surface area contributed by atoms with Crippen LogP contribution in [0.5, 0.6) is 5.75 Å². The van der Waals surface area contributed by atoms with Gasteiger partial charge in [0, 0.05) is 5.69 Å². The molecule has 1 N–H and O–H groups in total. The van der Waals surface area contributed by atoms with Crippen molar-refractivity contribution in [2.24, 2.45) is 0 Å². The Labute approximate surface area is 157 Å². The van der Waals surface area contributed by atoms with Gasteiger partial charge in [-0.15, -0.1) is 0 Å². The SMILES string of the molecule is COC(=O)c1c(C)[nH]c(C(=O)[C@H](C)OC(=O)Cc2cccc(OC)c2)c1C. The molecule has 144 valence electrons. The molecule has 0 saturated heterocycles. The fourth-order valence-electron chi connectivity index (χ4n) is 2.85. The number of esters is 2. The van der Waals surface area contributed by atoms with Gasteiger partial charge in [0.05, 0.1) is 31.9 Å². The smallest absolute Gasteiger partial charge is 0.339 e. The molecule has 0 unspecified atom stereocenters. The first-order valence-corrected chi connectivity index (χ1v) is 8.42. The number of ketones is 1. The standard InChI is InChI=1S/C20H23NO6/c1-11-17(20(24)26-5)12(2)21-18(11)19(23)13(3)27-16(22)10-14-7-6-8-15(9-14)25-4/h6-9,13,21H,10H2,1-5H3/t13-/m0/s1. The van der Waals surface area contributed by atoms with Crippen LogP contribution in [0.1, 0.15) is 44.6 Å². The number of carbonyl (C=O) groups excluding carboxylic acids is 3. The Kier molecular flexibility index (Phi) is 6.39. The molecule has 0 spiro atoms. The topological polar surface area (TPSA) is 94.7 Å². The maximum Gasteiger partial charge on any atom is 0.339 e. The van der Waals surface area contributed by atoms with Crippen LogP contribution in [-0.4, -0.2) is 43.0 Å². The van der Waals surface area contributed by atoms with E-state index in [-0.39, 0.29) is 12.1 Å². The van der Waals surface area contributed by atoms with E-state index in [2.05, 4.69) is 4.98 Å². The summed E-state index contributed by atoms with van der Waals surface area (Å²) in [6.07, 6.45) is -0.976. The molecule has 0 aliphatic carbocycles. The summed E-state index contributed by atoms with van der Waals surface area (Å²) in [7, 11) is 2.82. The molecule has 0 radical (unpaired) electrons. The van der Waals surface area contributed by atoms with E-state index in [1.807, 2.05) is 0 Å². The molecular weight excluding hydrogens is 350 g/mol. The molecule has 1 atom stereocenters. The van der Waals surface area contributed by atoms with E-state index in [0.29, 0.717) is 22.6 Å². The predicted molar refractivity (Wildman–Crippen MR) is 98.2 cm³/mol. The van der Waals surface area contributed by atoms with Crippen LogP contribution in [0.25, 0.3) is 0 Å². The first kappa shape index (κ1) is 20.2. The Hall–Kier alpha value is -3.09. The van der Waals surface area contributed by atoms with Gasteiger partial charge in [0.1, 0.15) is 5.75 Å². The van der Waals surface area contributed by atoms with Crippen molar-refractivity contribution in [1.82, 2.24) is 4.98 Å². The highest BCUT2D eigenvalue weighted by atomic mass is 16.5. The fourth-order valence-corrected chi connectivity index (χ4v) is 2.85. The molecule has 0 fully saturated rings. The summed E-state index contributed by atoms with van der Waals surface area (Å²) in [5.74, 6) is -0.830. The van der Waals surface area contributed by atoms with Crippen LogP contribution < -0.4 is 4.74 Å². The third-order valence-corrected chi connectivity index (χ3v) is 4.23. The number of nitrogens with one attached hydrogen (secondary N) is 1. The van der Waals surface area contributed by atoms with Crippen LogP contribution in [-0.2, 0) is 20.7 Å². The fraction of sp³-hybridized carbons (Fsp3) is 0.350. The van der Waals surface area contributed by atoms with Crippen LogP contribution in [0.15, 0.2) is 24.3 Å². The highest BCUT2D eigenvalue weighted by Gasteiger charge is 2.27. The Balaban J connectivity index is 2.09. The van der Waals surface area contributed by atoms with E-state index in [4.69, 9.17) is 14.2 Å². The average molecular weight is 373 g/mol. The monoisotopic (exact) mass is 373 g/mol. The summed E-state index contributed by atoms with van der Waals surface area (Å²) in [6.45, 7) is 4.82. The minimum Gasteiger partial charge on any atom is -0.497 e. The molecule has 7 nitrogen and oxygen atoms in total. The number of rotatable bonds is 7. The van der Waals surface area contributed by atoms with Crippen LogP contribution in [0.2, 0.25) is 0 Å². The normalized spacial score (nSPS) is 11.6. The third kappa shape index (κ3) is 4.55. The maximum absolute atomic E-state index is 12.6. The molecular formula is C20H23NO6. The zero-order valence-electron chi connectivity index (χ0n) is 16.0. The lowest BCUT2D eigenvalue weighted by atomic mass is 10.1. The van der Waals surface area contributed by atoms with Crippen molar-refractivity contribution >= 4 is 17.7 Å². The molecule has 0 saturated carbocycles. The maximum atomic E-state index is 12.6. The Bertz CT molecular complexity index is 867. The number of benzene rings is 1. The van der Waals surface area contributed by atoms with Crippen molar-refractivity contribution in [2.75, 3.05) is 14.2 Å². The number of methoxy groups -OCH3 is 2. The second-order valence-electron chi connectivity index (χ2n) is 6.14. The van der Waals surface area contributed by atoms with Crippen LogP contribution in [0.4, 0.5) is 0 Å². The van der Waals surface area contributed by atoms with Gasteiger partial charge in [0.25, 0.3) is 0 Å². The largest absolute Gasteiger partial charge is 0.497 e. The number of hydrogen-bond donors (Lipinski definition) is 1. The van der Waals surface area contributed by atoms with E-state index in [1.54, 1.807) is 45.2 Å². The number of aromatic amines is 1. The predicted octanol–water partition coefficient (Wildman–Crippen LogP) is 2.78. The molecule has 2 aromatic rings. The minimum absolute atomic E-state index is 0.0188. The van der Waals surface area contributed by atoms with E-state index in [0.717, 1.165) is 5.56 Å². The van der Waals surface area contributed by atoms with Gasteiger partial charge in [0.2, 0.25) is 5.78 Å². The summed E-state index contributed by atoms with van der Waals surface area (Å²) in [5.41, 5.74) is 2.27. The molecule has 1 aromatic carbocycles. The lowest BCUT2D eigenvalue weighted by Crippen LogP contribution is -2.26. The molecule has 1 heterocycles. The van der Waals surface area contributed by atoms with Gasteiger partial charge in [-0.2, -0.15) is 0 Å². The van der Waals surface area contributed by atoms with E-state index >= 15 is 0 Å². The number of Topliss-reactive ketones (excluding diaryl/α,β-unsaturated/α-hetero) is 1. The van der Waals surface area contributed by atoms with E-state index in [1.165, 1.54) is 14.0 Å². The van der Waals surface area contributed by atoms with Crippen molar-refractivity contribution in [3.63, 3.8) is 0 Å². The zero-order chi connectivity index (χ0) is 20.1. The highest BCUT2D eigenvalue weighted by molar-refractivity contribution is 6.04. The minimum atomic E-state index is -0.995. The number of carbonyl (C=O) groups is 3. The Morgan fingerprint density at radius 3 is 2.48 bits per heavy atom. The first-order valence-electron chi connectivity index (χ1n) is 8.42. The number of aryl methyl sites for hydroxylation is 1. The Morgan fingerprint density at radius 1 is 1.15 bits per heavy atom. The van der Waals surface area contributed by atoms with E-state index < -0.39 is 23.8 Å². The summed E-state index contributed by atoms with van der Waals surface area (Å²) in [4.78, 5) is 39.6. The van der Waals surface area contributed by atoms with Crippen LogP contribution >= 0.6 is 0 Å². The molecule has 0 aliphatic rings. The quantitative estimate of drug-likeness (QED) is 0.592. The molecule has 0 bridgehead atoms.